The maximum absolute atomic E-state index is 13.4. The number of nitrogens with zero attached hydrogens (tertiary/aromatic N) is 3. The van der Waals surface area contributed by atoms with Gasteiger partial charge in [-0.25, -0.2) is 4.79 Å². The zero-order valence-corrected chi connectivity index (χ0v) is 18.8. The number of likely N-dealkylation sites (N-methyl/N-ethyl adjacent to an activating group) is 1. The molecule has 7 heteroatoms. The first-order valence-corrected chi connectivity index (χ1v) is 11.3. The zero-order valence-electron chi connectivity index (χ0n) is 18.8. The van der Waals surface area contributed by atoms with Gasteiger partial charge >= 0.3 is 6.09 Å². The van der Waals surface area contributed by atoms with Gasteiger partial charge in [0.15, 0.2) is 6.10 Å². The van der Waals surface area contributed by atoms with Crippen LogP contribution in [0.25, 0.3) is 11.1 Å². The second-order valence-corrected chi connectivity index (χ2v) is 8.81. The van der Waals surface area contributed by atoms with E-state index in [9.17, 15) is 14.9 Å². The van der Waals surface area contributed by atoms with Crippen LogP contribution in [0, 0.1) is 11.3 Å². The SMILES string of the molecule is CN(C(=O)OC1c2ccccc2-c2ccccc21)[C@@H](Cc1ccncc1)C(=O)NC1(C#N)CC1. The van der Waals surface area contributed by atoms with Crippen molar-refractivity contribution >= 4 is 12.0 Å². The molecule has 170 valence electrons. The highest BCUT2D eigenvalue weighted by Crippen LogP contribution is 2.45. The molecule has 0 saturated heterocycles. The van der Waals surface area contributed by atoms with E-state index in [4.69, 9.17) is 4.74 Å². The van der Waals surface area contributed by atoms with Crippen LogP contribution in [0.15, 0.2) is 73.1 Å². The molecule has 1 fully saturated rings. The maximum atomic E-state index is 13.4. The largest absolute Gasteiger partial charge is 0.436 e. The molecule has 1 heterocycles. The highest BCUT2D eigenvalue weighted by Gasteiger charge is 2.46. The average molecular weight is 453 g/mol. The number of nitriles is 1. The number of carbonyl (C=O) groups is 2. The van der Waals surface area contributed by atoms with Crippen molar-refractivity contribution in [2.45, 2.75) is 36.9 Å². The van der Waals surface area contributed by atoms with Crippen LogP contribution in [0.3, 0.4) is 0 Å². The fourth-order valence-electron chi connectivity index (χ4n) is 4.40. The van der Waals surface area contributed by atoms with E-state index in [1.165, 1.54) is 4.90 Å². The summed E-state index contributed by atoms with van der Waals surface area (Å²) in [6.07, 6.45) is 3.63. The summed E-state index contributed by atoms with van der Waals surface area (Å²) in [5.41, 5.74) is 3.93. The Kier molecular flexibility index (Phi) is 5.50. The number of fused-ring (bicyclic) bond motifs is 3. The Morgan fingerprint density at radius 2 is 1.68 bits per heavy atom. The van der Waals surface area contributed by atoms with E-state index in [-0.39, 0.29) is 12.3 Å². The smallest absolute Gasteiger partial charge is 0.411 e. The van der Waals surface area contributed by atoms with Crippen LogP contribution >= 0.6 is 0 Å². The van der Waals surface area contributed by atoms with Crippen LogP contribution in [0.1, 0.15) is 35.6 Å². The molecule has 0 unspecified atom stereocenters. The molecule has 2 aliphatic carbocycles. The lowest BCUT2D eigenvalue weighted by atomic mass is 10.0. The standard InChI is InChI=1S/C27H24N4O3/c1-31(23(16-18-10-14-29-15-11-18)25(32)30-27(17-28)12-13-27)26(33)34-24-21-8-4-2-6-19(21)20-7-3-5-9-22(20)24/h2-11,14-15,23-24H,12-13,16H2,1H3,(H,30,32)/t23-/m0/s1. The number of hydrogen-bond acceptors (Lipinski definition) is 5. The Labute approximate surface area is 198 Å². The predicted molar refractivity (Wildman–Crippen MR) is 125 cm³/mol. The number of rotatable bonds is 6. The molecule has 34 heavy (non-hydrogen) atoms. The number of nitrogens with one attached hydrogen (secondary N) is 1. The lowest BCUT2D eigenvalue weighted by molar-refractivity contribution is -0.126. The molecule has 3 aromatic rings. The molecule has 1 N–H and O–H groups in total. The molecule has 0 bridgehead atoms. The molecular weight excluding hydrogens is 428 g/mol. The first kappa shape index (κ1) is 21.7. The van der Waals surface area contributed by atoms with Gasteiger partial charge in [-0.3, -0.25) is 14.7 Å². The van der Waals surface area contributed by atoms with E-state index >= 15 is 0 Å². The molecule has 2 aliphatic rings. The number of carbonyl (C=O) groups excluding carboxylic acids is 2. The molecule has 2 aromatic carbocycles. The molecule has 0 aliphatic heterocycles. The molecule has 1 atom stereocenters. The minimum Gasteiger partial charge on any atom is -0.436 e. The number of benzene rings is 2. The van der Waals surface area contributed by atoms with Crippen LogP contribution in [0.5, 0.6) is 0 Å². The summed E-state index contributed by atoms with van der Waals surface area (Å²) in [5, 5.41) is 12.3. The van der Waals surface area contributed by atoms with E-state index in [1.807, 2.05) is 48.5 Å². The van der Waals surface area contributed by atoms with Crippen molar-refractivity contribution in [1.82, 2.24) is 15.2 Å². The van der Waals surface area contributed by atoms with Crippen molar-refractivity contribution in [2.75, 3.05) is 7.05 Å². The third kappa shape index (κ3) is 3.99. The van der Waals surface area contributed by atoms with E-state index in [0.717, 1.165) is 27.8 Å². The lowest BCUT2D eigenvalue weighted by Gasteiger charge is -2.29. The minimum atomic E-state index is -0.840. The Bertz CT molecular complexity index is 1230. The van der Waals surface area contributed by atoms with E-state index in [1.54, 1.807) is 31.6 Å². The minimum absolute atomic E-state index is 0.277. The van der Waals surface area contributed by atoms with Crippen molar-refractivity contribution < 1.29 is 14.3 Å². The number of ether oxygens (including phenoxy) is 1. The lowest BCUT2D eigenvalue weighted by Crippen LogP contribution is -2.52. The summed E-state index contributed by atoms with van der Waals surface area (Å²) >= 11 is 0. The van der Waals surface area contributed by atoms with Crippen LogP contribution in [-0.2, 0) is 16.0 Å². The molecule has 0 radical (unpaired) electrons. The Morgan fingerprint density at radius 1 is 1.09 bits per heavy atom. The van der Waals surface area contributed by atoms with Crippen LogP contribution in [-0.4, -0.2) is 40.5 Å². The zero-order chi connectivity index (χ0) is 23.7. The van der Waals surface area contributed by atoms with E-state index in [0.29, 0.717) is 12.8 Å². The molecule has 2 amide bonds. The first-order valence-electron chi connectivity index (χ1n) is 11.3. The monoisotopic (exact) mass is 452 g/mol. The third-order valence-electron chi connectivity index (χ3n) is 6.56. The normalized spacial score (nSPS) is 15.9. The summed E-state index contributed by atoms with van der Waals surface area (Å²) in [5.74, 6) is -0.373. The third-order valence-corrected chi connectivity index (χ3v) is 6.56. The summed E-state index contributed by atoms with van der Waals surface area (Å²) < 4.78 is 6.00. The Hall–Kier alpha value is -4.18. The van der Waals surface area contributed by atoms with Gasteiger partial charge in [0.25, 0.3) is 0 Å². The summed E-state index contributed by atoms with van der Waals surface area (Å²) in [4.78, 5) is 31.9. The van der Waals surface area contributed by atoms with Gasteiger partial charge in [0, 0.05) is 37.0 Å². The van der Waals surface area contributed by atoms with Gasteiger partial charge in [-0.2, -0.15) is 5.26 Å². The van der Waals surface area contributed by atoms with Gasteiger partial charge in [-0.15, -0.1) is 0 Å². The van der Waals surface area contributed by atoms with Gasteiger partial charge in [-0.05, 0) is 41.7 Å². The number of amides is 2. The Balaban J connectivity index is 1.40. The molecule has 5 rings (SSSR count). The van der Waals surface area contributed by atoms with Crippen molar-refractivity contribution in [3.8, 4) is 17.2 Å². The number of hydrogen-bond donors (Lipinski definition) is 1. The highest BCUT2D eigenvalue weighted by molar-refractivity contribution is 5.87. The molecular formula is C27H24N4O3. The summed E-state index contributed by atoms with van der Waals surface area (Å²) in [7, 11) is 1.56. The fraction of sp³-hybridized carbons (Fsp3) is 0.259. The van der Waals surface area contributed by atoms with Crippen LogP contribution in [0.2, 0.25) is 0 Å². The van der Waals surface area contributed by atoms with Gasteiger partial charge in [0.2, 0.25) is 5.91 Å². The van der Waals surface area contributed by atoms with Gasteiger partial charge in [0.05, 0.1) is 6.07 Å². The van der Waals surface area contributed by atoms with Crippen molar-refractivity contribution in [3.05, 3.63) is 89.7 Å². The van der Waals surface area contributed by atoms with Crippen molar-refractivity contribution in [3.63, 3.8) is 0 Å². The predicted octanol–water partition coefficient (Wildman–Crippen LogP) is 4.00. The molecule has 7 nitrogen and oxygen atoms in total. The van der Waals surface area contributed by atoms with E-state index < -0.39 is 23.8 Å². The first-order chi connectivity index (χ1) is 16.5. The van der Waals surface area contributed by atoms with Crippen molar-refractivity contribution in [1.29, 1.82) is 5.26 Å². The Morgan fingerprint density at radius 3 is 2.24 bits per heavy atom. The topological polar surface area (TPSA) is 95.3 Å². The molecule has 0 spiro atoms. The highest BCUT2D eigenvalue weighted by atomic mass is 16.6. The van der Waals surface area contributed by atoms with Gasteiger partial charge in [-0.1, -0.05) is 48.5 Å². The fourth-order valence-corrected chi connectivity index (χ4v) is 4.40. The summed E-state index contributed by atoms with van der Waals surface area (Å²) in [6, 6.07) is 20.7. The van der Waals surface area contributed by atoms with Crippen molar-refractivity contribution in [2.24, 2.45) is 0 Å². The molecule has 1 saturated carbocycles. The average Bonchev–Trinajstić information content (AvgIpc) is 3.58. The van der Waals surface area contributed by atoms with E-state index in [2.05, 4.69) is 16.4 Å². The van der Waals surface area contributed by atoms with Crippen LogP contribution < -0.4 is 5.32 Å². The quantitative estimate of drug-likeness (QED) is 0.610. The summed E-state index contributed by atoms with van der Waals surface area (Å²) in [6.45, 7) is 0. The number of pyridine rings is 1. The molecule has 1 aromatic heterocycles. The maximum Gasteiger partial charge on any atom is 0.411 e. The van der Waals surface area contributed by atoms with Crippen LogP contribution in [0.4, 0.5) is 4.79 Å². The second-order valence-electron chi connectivity index (χ2n) is 8.81. The second kappa shape index (κ2) is 8.64. The van der Waals surface area contributed by atoms with Gasteiger partial charge < -0.3 is 10.1 Å². The number of aromatic nitrogens is 1. The van der Waals surface area contributed by atoms with Gasteiger partial charge in [0.1, 0.15) is 11.6 Å².